The summed E-state index contributed by atoms with van der Waals surface area (Å²) in [4.78, 5) is 0. The fourth-order valence-electron chi connectivity index (χ4n) is 2.12. The van der Waals surface area contributed by atoms with E-state index in [2.05, 4.69) is 16.5 Å². The van der Waals surface area contributed by atoms with Gasteiger partial charge in [0, 0.05) is 45.1 Å². The van der Waals surface area contributed by atoms with Crippen LogP contribution in [0.1, 0.15) is 18.5 Å². The van der Waals surface area contributed by atoms with Gasteiger partial charge in [-0.3, -0.25) is 4.68 Å². The van der Waals surface area contributed by atoms with E-state index in [1.807, 2.05) is 17.9 Å². The Labute approximate surface area is 97.0 Å². The molecule has 1 aromatic rings. The lowest BCUT2D eigenvalue weighted by Gasteiger charge is -2.22. The lowest BCUT2D eigenvalue weighted by Crippen LogP contribution is -2.29. The summed E-state index contributed by atoms with van der Waals surface area (Å²) in [7, 11) is 1.99. The van der Waals surface area contributed by atoms with Gasteiger partial charge in [0.1, 0.15) is 0 Å². The van der Waals surface area contributed by atoms with E-state index in [1.165, 1.54) is 18.5 Å². The van der Waals surface area contributed by atoms with E-state index in [4.69, 9.17) is 4.74 Å². The second-order valence-electron chi connectivity index (χ2n) is 4.46. The van der Waals surface area contributed by atoms with Crippen LogP contribution in [0.4, 0.5) is 0 Å². The summed E-state index contributed by atoms with van der Waals surface area (Å²) < 4.78 is 7.28. The maximum atomic E-state index is 5.34. The van der Waals surface area contributed by atoms with Crippen molar-refractivity contribution in [3.63, 3.8) is 0 Å². The highest BCUT2D eigenvalue weighted by Crippen LogP contribution is 2.12. The van der Waals surface area contributed by atoms with E-state index in [1.54, 1.807) is 0 Å². The molecular formula is C12H21N3O. The molecule has 0 spiro atoms. The molecule has 1 aliphatic rings. The second-order valence-corrected chi connectivity index (χ2v) is 4.46. The smallest absolute Gasteiger partial charge is 0.0492 e. The quantitative estimate of drug-likeness (QED) is 0.756. The molecule has 0 aliphatic carbocycles. The van der Waals surface area contributed by atoms with Gasteiger partial charge in [-0.2, -0.15) is 5.10 Å². The highest BCUT2D eigenvalue weighted by molar-refractivity contribution is 5.00. The molecule has 0 aromatic carbocycles. The van der Waals surface area contributed by atoms with Crippen molar-refractivity contribution in [2.24, 2.45) is 13.0 Å². The third-order valence-electron chi connectivity index (χ3n) is 3.25. The minimum atomic E-state index is 0.806. The Hall–Kier alpha value is -0.870. The maximum Gasteiger partial charge on any atom is 0.0492 e. The molecule has 2 heterocycles. The van der Waals surface area contributed by atoms with Gasteiger partial charge in [0.2, 0.25) is 0 Å². The lowest BCUT2D eigenvalue weighted by molar-refractivity contribution is 0.0664. The second kappa shape index (κ2) is 6.01. The number of rotatable bonds is 5. The number of hydrogen-bond donors (Lipinski definition) is 1. The van der Waals surface area contributed by atoms with Crippen molar-refractivity contribution >= 4 is 0 Å². The molecule has 90 valence electrons. The molecule has 0 saturated carbocycles. The largest absolute Gasteiger partial charge is 0.381 e. The average Bonchev–Trinajstić information content (AvgIpc) is 2.72. The number of ether oxygens (including phenoxy) is 1. The Morgan fingerprint density at radius 1 is 1.50 bits per heavy atom. The van der Waals surface area contributed by atoms with E-state index in [0.717, 1.165) is 38.6 Å². The van der Waals surface area contributed by atoms with Crippen molar-refractivity contribution in [3.8, 4) is 0 Å². The van der Waals surface area contributed by atoms with Crippen LogP contribution in [-0.4, -0.2) is 36.1 Å². The summed E-state index contributed by atoms with van der Waals surface area (Å²) in [5.74, 6) is 0.806. The summed E-state index contributed by atoms with van der Waals surface area (Å²) in [6.07, 6.45) is 5.32. The topological polar surface area (TPSA) is 39.1 Å². The number of aryl methyl sites for hydroxylation is 1. The highest BCUT2D eigenvalue weighted by atomic mass is 16.5. The third kappa shape index (κ3) is 3.32. The lowest BCUT2D eigenvalue weighted by atomic mass is 10.0. The summed E-state index contributed by atoms with van der Waals surface area (Å²) in [5, 5.41) is 7.68. The minimum Gasteiger partial charge on any atom is -0.381 e. The molecule has 1 aromatic heterocycles. The van der Waals surface area contributed by atoms with Crippen LogP contribution < -0.4 is 5.32 Å². The zero-order valence-electron chi connectivity index (χ0n) is 9.98. The van der Waals surface area contributed by atoms with Gasteiger partial charge in [0.25, 0.3) is 0 Å². The molecular weight excluding hydrogens is 202 g/mol. The Bertz CT molecular complexity index is 305. The minimum absolute atomic E-state index is 0.806. The first-order chi connectivity index (χ1) is 7.86. The normalized spacial score (nSPS) is 17.8. The summed E-state index contributed by atoms with van der Waals surface area (Å²) in [6.45, 7) is 4.04. The highest BCUT2D eigenvalue weighted by Gasteiger charge is 2.12. The van der Waals surface area contributed by atoms with Gasteiger partial charge in [-0.15, -0.1) is 0 Å². The predicted octanol–water partition coefficient (Wildman–Crippen LogP) is 0.979. The maximum absolute atomic E-state index is 5.34. The molecule has 1 saturated heterocycles. The predicted molar refractivity (Wildman–Crippen MR) is 63.3 cm³/mol. The number of nitrogens with zero attached hydrogens (tertiary/aromatic N) is 2. The third-order valence-corrected chi connectivity index (χ3v) is 3.25. The number of hydrogen-bond acceptors (Lipinski definition) is 3. The van der Waals surface area contributed by atoms with Crippen LogP contribution in [0, 0.1) is 5.92 Å². The molecule has 2 rings (SSSR count). The molecule has 1 fully saturated rings. The Morgan fingerprint density at radius 3 is 3.00 bits per heavy atom. The number of nitrogens with one attached hydrogen (secondary N) is 1. The molecule has 0 bridgehead atoms. The van der Waals surface area contributed by atoms with Crippen LogP contribution in [0.25, 0.3) is 0 Å². The van der Waals surface area contributed by atoms with E-state index in [-0.39, 0.29) is 0 Å². The average molecular weight is 223 g/mol. The van der Waals surface area contributed by atoms with Crippen molar-refractivity contribution in [1.29, 1.82) is 0 Å². The first-order valence-electron chi connectivity index (χ1n) is 6.11. The van der Waals surface area contributed by atoms with Crippen LogP contribution in [0.2, 0.25) is 0 Å². The molecule has 0 radical (unpaired) electrons. The van der Waals surface area contributed by atoms with E-state index >= 15 is 0 Å². The SMILES string of the molecule is Cn1nccc1CCNCC1CCOCC1. The van der Waals surface area contributed by atoms with E-state index in [0.29, 0.717) is 0 Å². The molecule has 4 heteroatoms. The summed E-state index contributed by atoms with van der Waals surface area (Å²) in [6, 6.07) is 2.08. The van der Waals surface area contributed by atoms with Crippen LogP contribution in [-0.2, 0) is 18.2 Å². The summed E-state index contributed by atoms with van der Waals surface area (Å²) in [5.41, 5.74) is 1.29. The molecule has 0 unspecified atom stereocenters. The molecule has 1 aliphatic heterocycles. The van der Waals surface area contributed by atoms with E-state index < -0.39 is 0 Å². The fourth-order valence-corrected chi connectivity index (χ4v) is 2.12. The Balaban J connectivity index is 1.59. The van der Waals surface area contributed by atoms with Crippen molar-refractivity contribution in [1.82, 2.24) is 15.1 Å². The van der Waals surface area contributed by atoms with E-state index in [9.17, 15) is 0 Å². The van der Waals surface area contributed by atoms with Gasteiger partial charge < -0.3 is 10.1 Å². The van der Waals surface area contributed by atoms with Crippen molar-refractivity contribution in [2.45, 2.75) is 19.3 Å². The zero-order chi connectivity index (χ0) is 11.2. The van der Waals surface area contributed by atoms with Crippen LogP contribution in [0.3, 0.4) is 0 Å². The van der Waals surface area contributed by atoms with Gasteiger partial charge in [-0.25, -0.2) is 0 Å². The van der Waals surface area contributed by atoms with Crippen LogP contribution in [0.5, 0.6) is 0 Å². The number of aromatic nitrogens is 2. The van der Waals surface area contributed by atoms with Crippen LogP contribution in [0.15, 0.2) is 12.3 Å². The van der Waals surface area contributed by atoms with Gasteiger partial charge in [-0.1, -0.05) is 0 Å². The van der Waals surface area contributed by atoms with Crippen molar-refractivity contribution < 1.29 is 4.74 Å². The van der Waals surface area contributed by atoms with Gasteiger partial charge in [-0.05, 0) is 31.4 Å². The van der Waals surface area contributed by atoms with Gasteiger partial charge in [0.15, 0.2) is 0 Å². The first kappa shape index (κ1) is 11.6. The van der Waals surface area contributed by atoms with Crippen molar-refractivity contribution in [3.05, 3.63) is 18.0 Å². The van der Waals surface area contributed by atoms with Gasteiger partial charge in [0.05, 0.1) is 0 Å². The summed E-state index contributed by atoms with van der Waals surface area (Å²) >= 11 is 0. The molecule has 0 amide bonds. The fraction of sp³-hybridized carbons (Fsp3) is 0.750. The van der Waals surface area contributed by atoms with Gasteiger partial charge >= 0.3 is 0 Å². The van der Waals surface area contributed by atoms with Crippen LogP contribution >= 0.6 is 0 Å². The Morgan fingerprint density at radius 2 is 2.31 bits per heavy atom. The van der Waals surface area contributed by atoms with Crippen molar-refractivity contribution in [2.75, 3.05) is 26.3 Å². The standard InChI is InChI=1S/C12H21N3O/c1-15-12(3-7-14-15)2-6-13-10-11-4-8-16-9-5-11/h3,7,11,13H,2,4-6,8-10H2,1H3. The first-order valence-corrected chi connectivity index (χ1v) is 6.11. The molecule has 0 atom stereocenters. The monoisotopic (exact) mass is 223 g/mol. The Kier molecular flexibility index (Phi) is 4.36. The molecule has 4 nitrogen and oxygen atoms in total. The zero-order valence-corrected chi connectivity index (χ0v) is 9.98. The molecule has 1 N–H and O–H groups in total. The molecule has 16 heavy (non-hydrogen) atoms.